The van der Waals surface area contributed by atoms with Gasteiger partial charge in [0, 0.05) is 31.4 Å². The highest BCUT2D eigenvalue weighted by atomic mass is 16.5. The number of rotatable bonds is 6. The number of methoxy groups -OCH3 is 1. The quantitative estimate of drug-likeness (QED) is 0.828. The number of ether oxygens (including phenoxy) is 1. The maximum Gasteiger partial charge on any atom is 0.228 e. The van der Waals surface area contributed by atoms with Crippen molar-refractivity contribution in [3.63, 3.8) is 0 Å². The van der Waals surface area contributed by atoms with Crippen LogP contribution in [0.1, 0.15) is 26.2 Å². The molecular formula is C13H22N4O. The molecular weight excluding hydrogens is 228 g/mol. The van der Waals surface area contributed by atoms with Crippen LogP contribution in [-0.4, -0.2) is 42.8 Å². The van der Waals surface area contributed by atoms with Crippen molar-refractivity contribution in [1.82, 2.24) is 15.3 Å². The summed E-state index contributed by atoms with van der Waals surface area (Å²) in [7, 11) is 1.63. The fourth-order valence-corrected chi connectivity index (χ4v) is 2.32. The lowest BCUT2D eigenvalue weighted by Crippen LogP contribution is -2.38. The Morgan fingerprint density at radius 3 is 3.11 bits per heavy atom. The van der Waals surface area contributed by atoms with E-state index < -0.39 is 0 Å². The smallest absolute Gasteiger partial charge is 0.228 e. The van der Waals surface area contributed by atoms with Crippen LogP contribution in [0.25, 0.3) is 0 Å². The van der Waals surface area contributed by atoms with Crippen molar-refractivity contribution in [3.05, 3.63) is 12.3 Å². The first-order chi connectivity index (χ1) is 8.83. The molecule has 100 valence electrons. The van der Waals surface area contributed by atoms with Crippen molar-refractivity contribution in [2.75, 3.05) is 31.6 Å². The van der Waals surface area contributed by atoms with E-state index in [1.165, 1.54) is 12.8 Å². The van der Waals surface area contributed by atoms with Gasteiger partial charge < -0.3 is 15.0 Å². The monoisotopic (exact) mass is 250 g/mol. The van der Waals surface area contributed by atoms with Gasteiger partial charge in [-0.15, -0.1) is 0 Å². The summed E-state index contributed by atoms with van der Waals surface area (Å²) >= 11 is 0. The van der Waals surface area contributed by atoms with Gasteiger partial charge in [0.25, 0.3) is 0 Å². The summed E-state index contributed by atoms with van der Waals surface area (Å²) in [6, 6.07) is 2.34. The van der Waals surface area contributed by atoms with Gasteiger partial charge in [-0.3, -0.25) is 0 Å². The number of hydrogen-bond acceptors (Lipinski definition) is 5. The summed E-state index contributed by atoms with van der Waals surface area (Å²) in [5, 5.41) is 3.52. The zero-order valence-electron chi connectivity index (χ0n) is 11.2. The lowest BCUT2D eigenvalue weighted by Gasteiger charge is -2.25. The molecule has 1 fully saturated rings. The molecule has 1 atom stereocenters. The van der Waals surface area contributed by atoms with Gasteiger partial charge in [0.1, 0.15) is 0 Å². The number of aromatic nitrogens is 2. The molecule has 1 aromatic heterocycles. The Labute approximate surface area is 109 Å². The summed E-state index contributed by atoms with van der Waals surface area (Å²) in [5.41, 5.74) is 0. The molecule has 2 rings (SSSR count). The third kappa shape index (κ3) is 3.32. The van der Waals surface area contributed by atoms with Crippen LogP contribution in [0.4, 0.5) is 5.95 Å². The zero-order valence-corrected chi connectivity index (χ0v) is 11.2. The average molecular weight is 250 g/mol. The Hall–Kier alpha value is -1.36. The number of anilines is 1. The lowest BCUT2D eigenvalue weighted by molar-refractivity contribution is 0.396. The highest BCUT2D eigenvalue weighted by Crippen LogP contribution is 2.15. The van der Waals surface area contributed by atoms with Crippen LogP contribution in [0.3, 0.4) is 0 Å². The Morgan fingerprint density at radius 2 is 2.44 bits per heavy atom. The molecule has 2 heterocycles. The molecule has 1 N–H and O–H groups in total. The van der Waals surface area contributed by atoms with Crippen LogP contribution in [0, 0.1) is 0 Å². The van der Waals surface area contributed by atoms with E-state index in [0.29, 0.717) is 11.9 Å². The number of hydrogen-bond donors (Lipinski definition) is 1. The molecule has 0 saturated carbocycles. The van der Waals surface area contributed by atoms with Gasteiger partial charge in [0.15, 0.2) is 0 Å². The minimum absolute atomic E-state index is 0.561. The highest BCUT2D eigenvalue weighted by Gasteiger charge is 2.19. The molecule has 0 bridgehead atoms. The van der Waals surface area contributed by atoms with E-state index in [0.717, 1.165) is 32.0 Å². The van der Waals surface area contributed by atoms with Crippen molar-refractivity contribution < 1.29 is 4.74 Å². The van der Waals surface area contributed by atoms with Gasteiger partial charge in [-0.2, -0.15) is 4.98 Å². The van der Waals surface area contributed by atoms with E-state index in [9.17, 15) is 0 Å². The molecule has 0 aliphatic carbocycles. The molecule has 1 aliphatic heterocycles. The number of nitrogens with one attached hydrogen (secondary N) is 1. The summed E-state index contributed by atoms with van der Waals surface area (Å²) in [5.74, 6) is 1.39. The van der Waals surface area contributed by atoms with E-state index in [1.807, 2.05) is 0 Å². The minimum Gasteiger partial charge on any atom is -0.481 e. The molecule has 5 nitrogen and oxygen atoms in total. The van der Waals surface area contributed by atoms with Gasteiger partial charge in [0.05, 0.1) is 7.11 Å². The van der Waals surface area contributed by atoms with Crippen molar-refractivity contribution in [3.8, 4) is 5.88 Å². The molecule has 1 unspecified atom stereocenters. The zero-order chi connectivity index (χ0) is 12.8. The van der Waals surface area contributed by atoms with Gasteiger partial charge in [0.2, 0.25) is 11.8 Å². The van der Waals surface area contributed by atoms with Crippen molar-refractivity contribution in [2.24, 2.45) is 0 Å². The van der Waals surface area contributed by atoms with Crippen molar-refractivity contribution in [1.29, 1.82) is 0 Å². The second-order valence-electron chi connectivity index (χ2n) is 4.64. The van der Waals surface area contributed by atoms with Gasteiger partial charge in [-0.1, -0.05) is 6.92 Å². The average Bonchev–Trinajstić information content (AvgIpc) is 2.91. The maximum absolute atomic E-state index is 5.16. The molecule has 0 aromatic carbocycles. The summed E-state index contributed by atoms with van der Waals surface area (Å²) < 4.78 is 5.16. The molecule has 1 aromatic rings. The van der Waals surface area contributed by atoms with E-state index in [1.54, 1.807) is 19.4 Å². The first kappa shape index (κ1) is 13.1. The molecule has 0 amide bonds. The van der Waals surface area contributed by atoms with E-state index in [4.69, 9.17) is 4.74 Å². The predicted molar refractivity (Wildman–Crippen MR) is 72.1 cm³/mol. The third-order valence-corrected chi connectivity index (χ3v) is 3.21. The summed E-state index contributed by atoms with van der Waals surface area (Å²) in [6.07, 6.45) is 5.35. The second kappa shape index (κ2) is 6.54. The van der Waals surface area contributed by atoms with E-state index in [-0.39, 0.29) is 0 Å². The molecule has 5 heteroatoms. The lowest BCUT2D eigenvalue weighted by atomic mass is 10.2. The van der Waals surface area contributed by atoms with Crippen molar-refractivity contribution in [2.45, 2.75) is 32.2 Å². The predicted octanol–water partition coefficient (Wildman–Crippen LogP) is 1.45. The Bertz CT molecular complexity index is 366. The third-order valence-electron chi connectivity index (χ3n) is 3.21. The van der Waals surface area contributed by atoms with Crippen LogP contribution < -0.4 is 15.0 Å². The fraction of sp³-hybridized carbons (Fsp3) is 0.692. The SMILES string of the molecule is CCCN(CC1CCCN1)c1nccc(OC)n1. The van der Waals surface area contributed by atoms with Crippen LogP contribution in [0.15, 0.2) is 12.3 Å². The van der Waals surface area contributed by atoms with Gasteiger partial charge in [-0.05, 0) is 25.8 Å². The van der Waals surface area contributed by atoms with E-state index >= 15 is 0 Å². The minimum atomic E-state index is 0.561. The van der Waals surface area contributed by atoms with Crippen LogP contribution in [-0.2, 0) is 0 Å². The van der Waals surface area contributed by atoms with Crippen LogP contribution in [0.5, 0.6) is 5.88 Å². The Kier molecular flexibility index (Phi) is 4.75. The van der Waals surface area contributed by atoms with Gasteiger partial charge >= 0.3 is 0 Å². The standard InChI is InChI=1S/C13H22N4O/c1-3-9-17(10-11-5-4-7-14-11)13-15-8-6-12(16-13)18-2/h6,8,11,14H,3-5,7,9-10H2,1-2H3. The number of nitrogens with zero attached hydrogens (tertiary/aromatic N) is 3. The van der Waals surface area contributed by atoms with Crippen molar-refractivity contribution >= 4 is 5.95 Å². The first-order valence-corrected chi connectivity index (χ1v) is 6.69. The maximum atomic E-state index is 5.16. The largest absolute Gasteiger partial charge is 0.481 e. The second-order valence-corrected chi connectivity index (χ2v) is 4.64. The Morgan fingerprint density at radius 1 is 1.56 bits per heavy atom. The van der Waals surface area contributed by atoms with Crippen LogP contribution in [0.2, 0.25) is 0 Å². The highest BCUT2D eigenvalue weighted by molar-refractivity contribution is 5.32. The molecule has 0 radical (unpaired) electrons. The van der Waals surface area contributed by atoms with Crippen LogP contribution >= 0.6 is 0 Å². The molecule has 1 aliphatic rings. The van der Waals surface area contributed by atoms with E-state index in [2.05, 4.69) is 27.1 Å². The summed E-state index contributed by atoms with van der Waals surface area (Å²) in [6.45, 7) is 5.26. The molecule has 18 heavy (non-hydrogen) atoms. The molecule has 0 spiro atoms. The topological polar surface area (TPSA) is 50.3 Å². The Balaban J connectivity index is 2.06. The molecule has 1 saturated heterocycles. The fourth-order valence-electron chi connectivity index (χ4n) is 2.32. The summed E-state index contributed by atoms with van der Waals surface area (Å²) in [4.78, 5) is 11.0. The first-order valence-electron chi connectivity index (χ1n) is 6.69. The van der Waals surface area contributed by atoms with Gasteiger partial charge in [-0.25, -0.2) is 4.98 Å². The normalized spacial score (nSPS) is 18.9.